The predicted octanol–water partition coefficient (Wildman–Crippen LogP) is 2.22. The molecule has 0 radical (unpaired) electrons. The van der Waals surface area contributed by atoms with Crippen LogP contribution in [-0.2, 0) is 4.79 Å². The van der Waals surface area contributed by atoms with Crippen molar-refractivity contribution in [2.75, 3.05) is 18.4 Å². The third-order valence-electron chi connectivity index (χ3n) is 2.84. The summed E-state index contributed by atoms with van der Waals surface area (Å²) in [7, 11) is 0. The van der Waals surface area contributed by atoms with Crippen molar-refractivity contribution in [2.45, 2.75) is 33.2 Å². The standard InChI is InChI=1S/C14H24N4O.2ClH/c1-14(2,3)12(15)13(19)18-10-6-9-17-11-7-4-5-8-16-11;;/h4-5,7-8,12H,6,9-10,15H2,1-3H3,(H,16,17)(H,18,19);2*1H/t12-;;/m1../s1. The molecule has 7 heteroatoms. The Morgan fingerprint density at radius 3 is 2.48 bits per heavy atom. The highest BCUT2D eigenvalue weighted by Gasteiger charge is 2.26. The van der Waals surface area contributed by atoms with Crippen LogP contribution < -0.4 is 16.4 Å². The first-order chi connectivity index (χ1) is 8.91. The maximum Gasteiger partial charge on any atom is 0.237 e. The number of nitrogens with zero attached hydrogens (tertiary/aromatic N) is 1. The maximum atomic E-state index is 11.8. The molecular formula is C14H26Cl2N4O. The Morgan fingerprint density at radius 2 is 1.95 bits per heavy atom. The summed E-state index contributed by atoms with van der Waals surface area (Å²) in [5, 5.41) is 6.04. The van der Waals surface area contributed by atoms with E-state index in [1.165, 1.54) is 0 Å². The SMILES string of the molecule is CC(C)(C)[C@H](N)C(=O)NCCCNc1ccccn1.Cl.Cl. The van der Waals surface area contributed by atoms with Crippen molar-refractivity contribution in [1.82, 2.24) is 10.3 Å². The van der Waals surface area contributed by atoms with Gasteiger partial charge in [-0.1, -0.05) is 26.8 Å². The molecule has 1 rings (SSSR count). The summed E-state index contributed by atoms with van der Waals surface area (Å²) in [6, 6.07) is 5.24. The molecule has 1 aromatic heterocycles. The van der Waals surface area contributed by atoms with Gasteiger partial charge in [0, 0.05) is 19.3 Å². The van der Waals surface area contributed by atoms with Crippen molar-refractivity contribution >= 4 is 36.5 Å². The number of rotatable bonds is 6. The average Bonchev–Trinajstić information content (AvgIpc) is 2.37. The minimum Gasteiger partial charge on any atom is -0.370 e. The van der Waals surface area contributed by atoms with E-state index in [1.807, 2.05) is 39.0 Å². The molecule has 0 aliphatic heterocycles. The van der Waals surface area contributed by atoms with Gasteiger partial charge in [-0.3, -0.25) is 4.79 Å². The Labute approximate surface area is 139 Å². The van der Waals surface area contributed by atoms with E-state index in [4.69, 9.17) is 5.73 Å². The summed E-state index contributed by atoms with van der Waals surface area (Å²) in [5.74, 6) is 0.755. The number of halogens is 2. The fraction of sp³-hybridized carbons (Fsp3) is 0.571. The Hall–Kier alpha value is -1.04. The van der Waals surface area contributed by atoms with Crippen molar-refractivity contribution < 1.29 is 4.79 Å². The molecule has 21 heavy (non-hydrogen) atoms. The van der Waals surface area contributed by atoms with Crippen LogP contribution in [-0.4, -0.2) is 30.0 Å². The Balaban J connectivity index is 0. The molecule has 0 bridgehead atoms. The van der Waals surface area contributed by atoms with Gasteiger partial charge in [-0.15, -0.1) is 24.8 Å². The Kier molecular flexibility index (Phi) is 11.3. The molecule has 0 saturated heterocycles. The monoisotopic (exact) mass is 336 g/mol. The molecule has 122 valence electrons. The smallest absolute Gasteiger partial charge is 0.237 e. The minimum atomic E-state index is -0.476. The summed E-state index contributed by atoms with van der Waals surface area (Å²) in [6.07, 6.45) is 2.58. The number of nitrogens with one attached hydrogen (secondary N) is 2. The number of carbonyl (C=O) groups excluding carboxylic acids is 1. The maximum absolute atomic E-state index is 11.8. The molecule has 1 amide bonds. The molecule has 0 saturated carbocycles. The Morgan fingerprint density at radius 1 is 1.29 bits per heavy atom. The van der Waals surface area contributed by atoms with Gasteiger partial charge in [0.15, 0.2) is 0 Å². The molecule has 0 fully saturated rings. The highest BCUT2D eigenvalue weighted by Crippen LogP contribution is 2.16. The fourth-order valence-electron chi connectivity index (χ4n) is 1.49. The fourth-order valence-corrected chi connectivity index (χ4v) is 1.49. The van der Waals surface area contributed by atoms with Crippen LogP contribution in [0.2, 0.25) is 0 Å². The third-order valence-corrected chi connectivity index (χ3v) is 2.84. The van der Waals surface area contributed by atoms with Crippen LogP contribution in [0.1, 0.15) is 27.2 Å². The lowest BCUT2D eigenvalue weighted by Gasteiger charge is -2.25. The Bertz CT molecular complexity index is 396. The molecule has 0 aliphatic rings. The summed E-state index contributed by atoms with van der Waals surface area (Å²) in [5.41, 5.74) is 5.65. The first-order valence-electron chi connectivity index (χ1n) is 6.59. The van der Waals surface area contributed by atoms with Crippen molar-refractivity contribution in [3.8, 4) is 0 Å². The predicted molar refractivity (Wildman–Crippen MR) is 92.3 cm³/mol. The molecule has 5 nitrogen and oxygen atoms in total. The molecule has 4 N–H and O–H groups in total. The van der Waals surface area contributed by atoms with E-state index in [0.717, 1.165) is 18.8 Å². The van der Waals surface area contributed by atoms with Crippen LogP contribution in [0.25, 0.3) is 0 Å². The number of carbonyl (C=O) groups is 1. The second-order valence-corrected chi connectivity index (χ2v) is 5.63. The summed E-state index contributed by atoms with van der Waals surface area (Å²) < 4.78 is 0. The summed E-state index contributed by atoms with van der Waals surface area (Å²) in [4.78, 5) is 15.9. The molecular weight excluding hydrogens is 311 g/mol. The highest BCUT2D eigenvalue weighted by atomic mass is 35.5. The zero-order valence-electron chi connectivity index (χ0n) is 12.8. The normalized spacial score (nSPS) is 11.6. The molecule has 0 unspecified atom stereocenters. The zero-order chi connectivity index (χ0) is 14.3. The van der Waals surface area contributed by atoms with Crippen LogP contribution in [0, 0.1) is 5.41 Å². The summed E-state index contributed by atoms with van der Waals surface area (Å²) in [6.45, 7) is 7.25. The van der Waals surface area contributed by atoms with E-state index >= 15 is 0 Å². The number of amides is 1. The first-order valence-corrected chi connectivity index (χ1v) is 6.59. The molecule has 0 spiro atoms. The largest absolute Gasteiger partial charge is 0.370 e. The highest BCUT2D eigenvalue weighted by molar-refractivity contribution is 5.85. The molecule has 0 aromatic carbocycles. The lowest BCUT2D eigenvalue weighted by molar-refractivity contribution is -0.124. The van der Waals surface area contributed by atoms with E-state index in [2.05, 4.69) is 15.6 Å². The number of aromatic nitrogens is 1. The first kappa shape index (κ1) is 22.2. The quantitative estimate of drug-likeness (QED) is 0.696. The number of anilines is 1. The van der Waals surface area contributed by atoms with Gasteiger partial charge in [0.1, 0.15) is 5.82 Å². The average molecular weight is 337 g/mol. The topological polar surface area (TPSA) is 80.0 Å². The second-order valence-electron chi connectivity index (χ2n) is 5.63. The second kappa shape index (κ2) is 10.7. The van der Waals surface area contributed by atoms with E-state index in [0.29, 0.717) is 6.54 Å². The zero-order valence-corrected chi connectivity index (χ0v) is 14.4. The van der Waals surface area contributed by atoms with Gasteiger partial charge in [0.2, 0.25) is 5.91 Å². The lowest BCUT2D eigenvalue weighted by Crippen LogP contribution is -2.48. The van der Waals surface area contributed by atoms with Crippen LogP contribution in [0.5, 0.6) is 0 Å². The molecule has 1 atom stereocenters. The van der Waals surface area contributed by atoms with Gasteiger partial charge < -0.3 is 16.4 Å². The van der Waals surface area contributed by atoms with Crippen LogP contribution in [0.3, 0.4) is 0 Å². The van der Waals surface area contributed by atoms with Crippen molar-refractivity contribution in [3.63, 3.8) is 0 Å². The van der Waals surface area contributed by atoms with Gasteiger partial charge in [-0.25, -0.2) is 4.98 Å². The number of pyridine rings is 1. The van der Waals surface area contributed by atoms with Crippen molar-refractivity contribution in [2.24, 2.45) is 11.1 Å². The van der Waals surface area contributed by atoms with Gasteiger partial charge in [-0.2, -0.15) is 0 Å². The minimum absolute atomic E-state index is 0. The number of hydrogen-bond donors (Lipinski definition) is 3. The van der Waals surface area contributed by atoms with E-state index in [9.17, 15) is 4.79 Å². The third kappa shape index (κ3) is 8.75. The number of hydrogen-bond acceptors (Lipinski definition) is 4. The molecule has 1 heterocycles. The van der Waals surface area contributed by atoms with E-state index in [-0.39, 0.29) is 36.1 Å². The van der Waals surface area contributed by atoms with Crippen molar-refractivity contribution in [3.05, 3.63) is 24.4 Å². The van der Waals surface area contributed by atoms with Gasteiger partial charge in [0.25, 0.3) is 0 Å². The van der Waals surface area contributed by atoms with Crippen LogP contribution >= 0.6 is 24.8 Å². The van der Waals surface area contributed by atoms with Gasteiger partial charge in [-0.05, 0) is 24.0 Å². The van der Waals surface area contributed by atoms with E-state index in [1.54, 1.807) is 6.20 Å². The van der Waals surface area contributed by atoms with Gasteiger partial charge >= 0.3 is 0 Å². The van der Waals surface area contributed by atoms with Crippen molar-refractivity contribution in [1.29, 1.82) is 0 Å². The van der Waals surface area contributed by atoms with Crippen LogP contribution in [0.4, 0.5) is 5.82 Å². The number of nitrogens with two attached hydrogens (primary N) is 1. The lowest BCUT2D eigenvalue weighted by atomic mass is 9.87. The van der Waals surface area contributed by atoms with Gasteiger partial charge in [0.05, 0.1) is 6.04 Å². The molecule has 0 aliphatic carbocycles. The summed E-state index contributed by atoms with van der Waals surface area (Å²) >= 11 is 0. The van der Waals surface area contributed by atoms with E-state index < -0.39 is 6.04 Å². The molecule has 1 aromatic rings. The van der Waals surface area contributed by atoms with Crippen LogP contribution in [0.15, 0.2) is 24.4 Å².